The van der Waals surface area contributed by atoms with Crippen molar-refractivity contribution in [2.45, 2.75) is 6.54 Å². The second kappa shape index (κ2) is 10.6. The Morgan fingerprint density at radius 3 is 2.35 bits per heavy atom. The van der Waals surface area contributed by atoms with Crippen LogP contribution in [0.1, 0.15) is 11.1 Å². The zero-order chi connectivity index (χ0) is 24.1. The van der Waals surface area contributed by atoms with Crippen LogP contribution in [0.15, 0.2) is 66.7 Å². The van der Waals surface area contributed by atoms with Crippen LogP contribution < -0.4 is 19.1 Å². The van der Waals surface area contributed by atoms with E-state index in [0.717, 1.165) is 21.3 Å². The molecular formula is C26H23ClN2O4S. The quantitative estimate of drug-likeness (QED) is 0.272. The maximum atomic E-state index is 13.4. The number of ether oxygens (including phenoxy) is 3. The smallest absolute Gasteiger partial charge is 0.253 e. The van der Waals surface area contributed by atoms with Gasteiger partial charge in [-0.3, -0.25) is 9.69 Å². The average Bonchev–Trinajstić information content (AvgIpc) is 3.28. The molecule has 4 aromatic rings. The molecule has 1 aromatic heterocycles. The maximum absolute atomic E-state index is 13.4. The van der Waals surface area contributed by atoms with Crippen LogP contribution in [0, 0.1) is 0 Å². The van der Waals surface area contributed by atoms with Crippen LogP contribution in [0.5, 0.6) is 17.2 Å². The lowest BCUT2D eigenvalue weighted by atomic mass is 10.1. The minimum Gasteiger partial charge on any atom is -0.493 e. The van der Waals surface area contributed by atoms with Gasteiger partial charge in [0.1, 0.15) is 0 Å². The van der Waals surface area contributed by atoms with Crippen LogP contribution in [0.3, 0.4) is 0 Å². The van der Waals surface area contributed by atoms with Gasteiger partial charge in [0.2, 0.25) is 5.75 Å². The number of thiazole rings is 1. The first-order valence-corrected chi connectivity index (χ1v) is 11.6. The van der Waals surface area contributed by atoms with E-state index < -0.39 is 0 Å². The summed E-state index contributed by atoms with van der Waals surface area (Å²) >= 11 is 7.57. The molecule has 8 heteroatoms. The SMILES string of the molecule is COc1cc(/C=C/C(=O)N(Cc2ccccc2)c2nc3ccc(Cl)cc3s2)cc(OC)c1OC. The Morgan fingerprint density at radius 2 is 1.71 bits per heavy atom. The van der Waals surface area contributed by atoms with Gasteiger partial charge in [-0.2, -0.15) is 0 Å². The van der Waals surface area contributed by atoms with Crippen molar-refractivity contribution in [2.24, 2.45) is 0 Å². The summed E-state index contributed by atoms with van der Waals surface area (Å²) in [5.41, 5.74) is 2.52. The molecule has 3 aromatic carbocycles. The first kappa shape index (κ1) is 23.6. The van der Waals surface area contributed by atoms with Gasteiger partial charge < -0.3 is 14.2 Å². The van der Waals surface area contributed by atoms with Gasteiger partial charge in [0.05, 0.1) is 38.1 Å². The van der Waals surface area contributed by atoms with Crippen molar-refractivity contribution in [2.75, 3.05) is 26.2 Å². The van der Waals surface area contributed by atoms with Crippen LogP contribution in [0.25, 0.3) is 16.3 Å². The number of hydrogen-bond donors (Lipinski definition) is 0. The summed E-state index contributed by atoms with van der Waals surface area (Å²) in [5, 5.41) is 1.23. The number of aromatic nitrogens is 1. The molecule has 4 rings (SSSR count). The van der Waals surface area contributed by atoms with Gasteiger partial charge in [0.15, 0.2) is 16.6 Å². The van der Waals surface area contributed by atoms with E-state index in [9.17, 15) is 4.79 Å². The van der Waals surface area contributed by atoms with Crippen molar-refractivity contribution in [1.82, 2.24) is 4.98 Å². The van der Waals surface area contributed by atoms with Crippen LogP contribution in [0.4, 0.5) is 5.13 Å². The number of rotatable bonds is 8. The van der Waals surface area contributed by atoms with Gasteiger partial charge in [-0.15, -0.1) is 0 Å². The highest BCUT2D eigenvalue weighted by molar-refractivity contribution is 7.22. The molecular weight excluding hydrogens is 472 g/mol. The van der Waals surface area contributed by atoms with Crippen LogP contribution >= 0.6 is 22.9 Å². The zero-order valence-corrected chi connectivity index (χ0v) is 20.5. The summed E-state index contributed by atoms with van der Waals surface area (Å²) in [7, 11) is 4.65. The van der Waals surface area contributed by atoms with E-state index in [1.54, 1.807) is 50.5 Å². The predicted molar refractivity (Wildman–Crippen MR) is 137 cm³/mol. The standard InChI is InChI=1S/C26H23ClN2O4S/c1-31-21-13-18(14-22(32-2)25(21)33-3)9-12-24(30)29(16-17-7-5-4-6-8-17)26-28-20-11-10-19(27)15-23(20)34-26/h4-15H,16H2,1-3H3/b12-9+. The molecule has 0 fully saturated rings. The Bertz CT molecular complexity index is 1310. The molecule has 0 bridgehead atoms. The number of hydrogen-bond acceptors (Lipinski definition) is 6. The molecule has 0 spiro atoms. The monoisotopic (exact) mass is 494 g/mol. The van der Waals surface area contributed by atoms with Crippen molar-refractivity contribution in [3.05, 3.63) is 82.9 Å². The van der Waals surface area contributed by atoms with Crippen molar-refractivity contribution in [1.29, 1.82) is 0 Å². The molecule has 6 nitrogen and oxygen atoms in total. The predicted octanol–water partition coefficient (Wildman–Crippen LogP) is 6.22. The summed E-state index contributed by atoms with van der Waals surface area (Å²) in [6.45, 7) is 0.382. The number of carbonyl (C=O) groups excluding carboxylic acids is 1. The molecule has 0 saturated heterocycles. The third-order valence-electron chi connectivity index (χ3n) is 5.13. The Labute approximate surface area is 207 Å². The number of nitrogens with zero attached hydrogens (tertiary/aromatic N) is 2. The molecule has 1 heterocycles. The summed E-state index contributed by atoms with van der Waals surface area (Å²) in [4.78, 5) is 19.7. The normalized spacial score (nSPS) is 11.1. The molecule has 0 radical (unpaired) electrons. The van der Waals surface area contributed by atoms with Gasteiger partial charge in [-0.25, -0.2) is 4.98 Å². The third kappa shape index (κ3) is 5.16. The number of benzene rings is 3. The maximum Gasteiger partial charge on any atom is 0.253 e. The lowest BCUT2D eigenvalue weighted by Crippen LogP contribution is -2.28. The molecule has 0 aliphatic carbocycles. The van der Waals surface area contributed by atoms with Crippen LogP contribution in [0.2, 0.25) is 5.02 Å². The molecule has 0 aliphatic heterocycles. The van der Waals surface area contributed by atoms with Gasteiger partial charge in [-0.1, -0.05) is 53.3 Å². The molecule has 0 saturated carbocycles. The zero-order valence-electron chi connectivity index (χ0n) is 18.9. The fourth-order valence-corrected chi connectivity index (χ4v) is 4.71. The largest absolute Gasteiger partial charge is 0.493 e. The fraction of sp³-hybridized carbons (Fsp3) is 0.154. The lowest BCUT2D eigenvalue weighted by molar-refractivity contribution is -0.114. The van der Waals surface area contributed by atoms with E-state index in [2.05, 4.69) is 4.98 Å². The highest BCUT2D eigenvalue weighted by Crippen LogP contribution is 2.38. The van der Waals surface area contributed by atoms with E-state index in [1.807, 2.05) is 42.5 Å². The average molecular weight is 495 g/mol. The van der Waals surface area contributed by atoms with E-state index >= 15 is 0 Å². The van der Waals surface area contributed by atoms with E-state index in [1.165, 1.54) is 17.4 Å². The summed E-state index contributed by atoms with van der Waals surface area (Å²) in [5.74, 6) is 1.31. The van der Waals surface area contributed by atoms with Crippen molar-refractivity contribution >= 4 is 50.3 Å². The second-order valence-electron chi connectivity index (χ2n) is 7.31. The summed E-state index contributed by atoms with van der Waals surface area (Å²) < 4.78 is 17.1. The number of anilines is 1. The van der Waals surface area contributed by atoms with Crippen LogP contribution in [-0.2, 0) is 11.3 Å². The van der Waals surface area contributed by atoms with E-state index in [4.69, 9.17) is 25.8 Å². The Hall–Kier alpha value is -3.55. The first-order chi connectivity index (χ1) is 16.5. The fourth-order valence-electron chi connectivity index (χ4n) is 3.46. The minimum atomic E-state index is -0.206. The minimum absolute atomic E-state index is 0.206. The highest BCUT2D eigenvalue weighted by atomic mass is 35.5. The summed E-state index contributed by atoms with van der Waals surface area (Å²) in [6, 6.07) is 18.9. The third-order valence-corrected chi connectivity index (χ3v) is 6.40. The van der Waals surface area contributed by atoms with Crippen LogP contribution in [-0.4, -0.2) is 32.2 Å². The number of halogens is 1. The number of carbonyl (C=O) groups is 1. The van der Waals surface area contributed by atoms with Gasteiger partial charge in [0.25, 0.3) is 5.91 Å². The van der Waals surface area contributed by atoms with Gasteiger partial charge in [-0.05, 0) is 47.5 Å². The van der Waals surface area contributed by atoms with Crippen molar-refractivity contribution < 1.29 is 19.0 Å². The van der Waals surface area contributed by atoms with Crippen molar-refractivity contribution in [3.8, 4) is 17.2 Å². The topological polar surface area (TPSA) is 60.9 Å². The number of amides is 1. The first-order valence-electron chi connectivity index (χ1n) is 10.4. The Kier molecular flexibility index (Phi) is 7.35. The van der Waals surface area contributed by atoms with E-state index in [-0.39, 0.29) is 5.91 Å². The number of methoxy groups -OCH3 is 3. The molecule has 0 aliphatic rings. The summed E-state index contributed by atoms with van der Waals surface area (Å²) in [6.07, 6.45) is 3.23. The molecule has 1 amide bonds. The lowest BCUT2D eigenvalue weighted by Gasteiger charge is -2.18. The molecule has 0 atom stereocenters. The molecule has 34 heavy (non-hydrogen) atoms. The molecule has 174 valence electrons. The second-order valence-corrected chi connectivity index (χ2v) is 8.76. The molecule has 0 unspecified atom stereocenters. The van der Waals surface area contributed by atoms with Gasteiger partial charge in [0, 0.05) is 11.1 Å². The van der Waals surface area contributed by atoms with E-state index in [0.29, 0.717) is 33.9 Å². The van der Waals surface area contributed by atoms with Crippen molar-refractivity contribution in [3.63, 3.8) is 0 Å². The molecule has 0 N–H and O–H groups in total. The van der Waals surface area contributed by atoms with Gasteiger partial charge >= 0.3 is 0 Å². The number of fused-ring (bicyclic) bond motifs is 1. The highest BCUT2D eigenvalue weighted by Gasteiger charge is 2.19. The Morgan fingerprint density at radius 1 is 1.00 bits per heavy atom. The Balaban J connectivity index is 1.68.